The molecule has 2 aromatic heterocycles. The van der Waals surface area contributed by atoms with Gasteiger partial charge in [-0.05, 0) is 12.1 Å². The predicted molar refractivity (Wildman–Crippen MR) is 51.0 cm³/mol. The van der Waals surface area contributed by atoms with Gasteiger partial charge in [0.2, 0.25) is 0 Å². The number of methoxy groups -OCH3 is 1. The Morgan fingerprint density at radius 2 is 2.31 bits per heavy atom. The third kappa shape index (κ3) is 1.65. The molecule has 82 valence electrons. The molecule has 0 aliphatic heterocycles. The first-order chi connectivity index (χ1) is 7.74. The average Bonchev–Trinajstić information content (AvgIpc) is 2.82. The van der Waals surface area contributed by atoms with Crippen molar-refractivity contribution in [3.63, 3.8) is 0 Å². The second-order valence-corrected chi connectivity index (χ2v) is 2.85. The Kier molecular flexibility index (Phi) is 2.63. The summed E-state index contributed by atoms with van der Waals surface area (Å²) in [6.45, 7) is 0. The molecule has 0 N–H and O–H groups in total. The Bertz CT molecular complexity index is 511. The third-order valence-corrected chi connectivity index (χ3v) is 1.92. The molecule has 0 spiro atoms. The highest BCUT2D eigenvalue weighted by molar-refractivity contribution is 5.88. The zero-order valence-corrected chi connectivity index (χ0v) is 8.31. The van der Waals surface area contributed by atoms with Crippen molar-refractivity contribution in [1.29, 1.82) is 0 Å². The van der Waals surface area contributed by atoms with E-state index in [1.807, 2.05) is 0 Å². The zero-order chi connectivity index (χ0) is 11.5. The van der Waals surface area contributed by atoms with E-state index in [1.54, 1.807) is 6.07 Å². The number of hydrogen-bond donors (Lipinski definition) is 0. The van der Waals surface area contributed by atoms with E-state index < -0.39 is 17.5 Å². The van der Waals surface area contributed by atoms with Crippen LogP contribution in [-0.4, -0.2) is 23.0 Å². The van der Waals surface area contributed by atoms with Gasteiger partial charge in [-0.2, -0.15) is 0 Å². The molecule has 0 aliphatic carbocycles. The molecule has 0 aliphatic rings. The summed E-state index contributed by atoms with van der Waals surface area (Å²) in [5.41, 5.74) is -0.482. The van der Waals surface area contributed by atoms with Gasteiger partial charge in [-0.15, -0.1) is 0 Å². The van der Waals surface area contributed by atoms with Crippen LogP contribution in [-0.2, 0) is 4.74 Å². The van der Waals surface area contributed by atoms with Gasteiger partial charge in [-0.1, -0.05) is 0 Å². The zero-order valence-electron chi connectivity index (χ0n) is 8.31. The minimum Gasteiger partial charge on any atom is -0.464 e. The number of ether oxygens (including phenoxy) is 1. The van der Waals surface area contributed by atoms with Crippen molar-refractivity contribution in [2.24, 2.45) is 0 Å². The Morgan fingerprint density at radius 1 is 1.50 bits per heavy atom. The van der Waals surface area contributed by atoms with Gasteiger partial charge in [0.15, 0.2) is 17.3 Å². The summed E-state index contributed by atoms with van der Waals surface area (Å²) in [7, 11) is 1.15. The largest absolute Gasteiger partial charge is 0.464 e. The summed E-state index contributed by atoms with van der Waals surface area (Å²) in [6.07, 6.45) is 2.46. The molecule has 2 aromatic rings. The van der Waals surface area contributed by atoms with Crippen LogP contribution in [0.2, 0.25) is 0 Å². The van der Waals surface area contributed by atoms with Gasteiger partial charge < -0.3 is 9.15 Å². The molecule has 0 aromatic carbocycles. The maximum Gasteiger partial charge on any atom is 0.359 e. The molecule has 0 unspecified atom stereocenters. The van der Waals surface area contributed by atoms with E-state index in [0.29, 0.717) is 0 Å². The molecule has 0 amide bonds. The third-order valence-electron chi connectivity index (χ3n) is 1.92. The van der Waals surface area contributed by atoms with Gasteiger partial charge in [0.25, 0.3) is 0 Å². The van der Waals surface area contributed by atoms with E-state index in [-0.39, 0.29) is 11.5 Å². The van der Waals surface area contributed by atoms with Crippen LogP contribution in [0.25, 0.3) is 11.5 Å². The molecule has 0 atom stereocenters. The molecular formula is C10H7FN2O3. The van der Waals surface area contributed by atoms with E-state index in [4.69, 9.17) is 4.42 Å². The lowest BCUT2D eigenvalue weighted by atomic mass is 10.2. The lowest BCUT2D eigenvalue weighted by Gasteiger charge is -2.02. The minimum atomic E-state index is -0.857. The Balaban J connectivity index is 2.53. The summed E-state index contributed by atoms with van der Waals surface area (Å²) in [5, 5.41) is 0. The van der Waals surface area contributed by atoms with Crippen molar-refractivity contribution >= 4 is 5.97 Å². The quantitative estimate of drug-likeness (QED) is 0.723. The SMILES string of the molecule is COC(=O)c1ncnc(-c2ccco2)c1F. The van der Waals surface area contributed by atoms with Gasteiger partial charge in [0, 0.05) is 0 Å². The van der Waals surface area contributed by atoms with Gasteiger partial charge in [0.05, 0.1) is 13.4 Å². The lowest BCUT2D eigenvalue weighted by Crippen LogP contribution is -2.09. The van der Waals surface area contributed by atoms with Crippen molar-refractivity contribution in [2.75, 3.05) is 7.11 Å². The number of furan rings is 1. The number of carbonyl (C=O) groups excluding carboxylic acids is 1. The van der Waals surface area contributed by atoms with Crippen molar-refractivity contribution in [2.45, 2.75) is 0 Å². The monoisotopic (exact) mass is 222 g/mol. The second-order valence-electron chi connectivity index (χ2n) is 2.85. The summed E-state index contributed by atoms with van der Waals surface area (Å²) in [4.78, 5) is 18.4. The number of carbonyl (C=O) groups is 1. The fourth-order valence-electron chi connectivity index (χ4n) is 1.19. The van der Waals surface area contributed by atoms with Crippen LogP contribution >= 0.6 is 0 Å². The molecule has 16 heavy (non-hydrogen) atoms. The number of nitrogens with zero attached hydrogens (tertiary/aromatic N) is 2. The number of esters is 1. The highest BCUT2D eigenvalue weighted by Crippen LogP contribution is 2.21. The van der Waals surface area contributed by atoms with Gasteiger partial charge in [-0.3, -0.25) is 0 Å². The van der Waals surface area contributed by atoms with Gasteiger partial charge in [0.1, 0.15) is 12.0 Å². The van der Waals surface area contributed by atoms with E-state index in [2.05, 4.69) is 14.7 Å². The molecular weight excluding hydrogens is 215 g/mol. The van der Waals surface area contributed by atoms with Crippen molar-refractivity contribution in [3.8, 4) is 11.5 Å². The van der Waals surface area contributed by atoms with E-state index in [0.717, 1.165) is 13.4 Å². The molecule has 2 heterocycles. The van der Waals surface area contributed by atoms with Crippen LogP contribution in [0, 0.1) is 5.82 Å². The first-order valence-corrected chi connectivity index (χ1v) is 4.36. The van der Waals surface area contributed by atoms with Gasteiger partial charge in [-0.25, -0.2) is 19.2 Å². The Labute approximate surface area is 89.9 Å². The molecule has 0 radical (unpaired) electrons. The number of aromatic nitrogens is 2. The van der Waals surface area contributed by atoms with E-state index in [9.17, 15) is 9.18 Å². The molecule has 5 nitrogen and oxygen atoms in total. The molecule has 2 rings (SSSR count). The molecule has 6 heteroatoms. The average molecular weight is 222 g/mol. The fraction of sp³-hybridized carbons (Fsp3) is 0.100. The second kappa shape index (κ2) is 4.09. The van der Waals surface area contributed by atoms with Crippen LogP contribution < -0.4 is 0 Å². The summed E-state index contributed by atoms with van der Waals surface area (Å²) in [5.74, 6) is -1.48. The number of rotatable bonds is 2. The summed E-state index contributed by atoms with van der Waals surface area (Å²) < 4.78 is 23.2. The highest BCUT2D eigenvalue weighted by atomic mass is 19.1. The number of hydrogen-bond acceptors (Lipinski definition) is 5. The van der Waals surface area contributed by atoms with Crippen molar-refractivity contribution < 1.29 is 18.3 Å². The smallest absolute Gasteiger partial charge is 0.359 e. The first-order valence-electron chi connectivity index (χ1n) is 4.36. The summed E-state index contributed by atoms with van der Waals surface area (Å²) in [6, 6.07) is 3.13. The fourth-order valence-corrected chi connectivity index (χ4v) is 1.19. The van der Waals surface area contributed by atoms with Gasteiger partial charge >= 0.3 is 5.97 Å². The van der Waals surface area contributed by atoms with E-state index >= 15 is 0 Å². The van der Waals surface area contributed by atoms with Crippen LogP contribution in [0.15, 0.2) is 29.1 Å². The van der Waals surface area contributed by atoms with Crippen molar-refractivity contribution in [3.05, 3.63) is 36.2 Å². The Hall–Kier alpha value is -2.24. The van der Waals surface area contributed by atoms with Crippen LogP contribution in [0.5, 0.6) is 0 Å². The van der Waals surface area contributed by atoms with E-state index in [1.165, 1.54) is 12.3 Å². The van der Waals surface area contributed by atoms with Crippen LogP contribution in [0.4, 0.5) is 4.39 Å². The summed E-state index contributed by atoms with van der Waals surface area (Å²) >= 11 is 0. The number of halogens is 1. The molecule has 0 saturated carbocycles. The standard InChI is InChI=1S/C10H7FN2O3/c1-15-10(14)9-7(11)8(12-5-13-9)6-3-2-4-16-6/h2-5H,1H3. The highest BCUT2D eigenvalue weighted by Gasteiger charge is 2.20. The van der Waals surface area contributed by atoms with Crippen LogP contribution in [0.1, 0.15) is 10.5 Å². The normalized spacial score (nSPS) is 10.1. The lowest BCUT2D eigenvalue weighted by molar-refractivity contribution is 0.0588. The minimum absolute atomic E-state index is 0.0691. The molecule has 0 bridgehead atoms. The maximum absolute atomic E-state index is 13.8. The van der Waals surface area contributed by atoms with Crippen LogP contribution in [0.3, 0.4) is 0 Å². The first kappa shape index (κ1) is 10.3. The molecule has 0 fully saturated rings. The van der Waals surface area contributed by atoms with Crippen molar-refractivity contribution in [1.82, 2.24) is 9.97 Å². The molecule has 0 saturated heterocycles. The topological polar surface area (TPSA) is 65.2 Å². The predicted octanol–water partition coefficient (Wildman–Crippen LogP) is 1.66. The Morgan fingerprint density at radius 3 is 2.94 bits per heavy atom. The maximum atomic E-state index is 13.8.